The molecule has 24 heavy (non-hydrogen) atoms. The van der Waals surface area contributed by atoms with Crippen molar-refractivity contribution in [2.45, 2.75) is 44.9 Å². The number of hydrogen-bond donors (Lipinski definition) is 0. The Kier molecular flexibility index (Phi) is 4.34. The maximum Gasteiger partial charge on any atom is 0.411 e. The van der Waals surface area contributed by atoms with Crippen LogP contribution in [0.5, 0.6) is 0 Å². The molecule has 2 aliphatic rings. The molecule has 1 aromatic rings. The predicted molar refractivity (Wildman–Crippen MR) is 85.4 cm³/mol. The highest BCUT2D eigenvalue weighted by molar-refractivity contribution is 5.74. The van der Waals surface area contributed by atoms with Crippen LogP contribution in [-0.2, 0) is 9.47 Å². The van der Waals surface area contributed by atoms with Gasteiger partial charge in [-0.1, -0.05) is 6.08 Å². The number of amides is 1. The molecular formula is C18H21F2NO3. The van der Waals surface area contributed by atoms with E-state index in [0.717, 1.165) is 11.6 Å². The normalized spacial score (nSPS) is 23.7. The van der Waals surface area contributed by atoms with Crippen LogP contribution in [0.15, 0.2) is 24.3 Å². The molecule has 3 rings (SSSR count). The fourth-order valence-corrected chi connectivity index (χ4v) is 3.15. The quantitative estimate of drug-likeness (QED) is 0.783. The number of morpholine rings is 1. The van der Waals surface area contributed by atoms with Crippen LogP contribution >= 0.6 is 0 Å². The molecule has 0 N–H and O–H groups in total. The molecule has 2 atom stereocenters. The minimum absolute atomic E-state index is 0.204. The average Bonchev–Trinajstić information content (AvgIpc) is 2.42. The molecular weight excluding hydrogens is 316 g/mol. The second-order valence-electron chi connectivity index (χ2n) is 7.20. The Bertz CT molecular complexity index is 661. The van der Waals surface area contributed by atoms with Crippen molar-refractivity contribution in [3.63, 3.8) is 0 Å². The Hall–Kier alpha value is -1.95. The lowest BCUT2D eigenvalue weighted by Gasteiger charge is -2.44. The second kappa shape index (κ2) is 6.16. The first-order valence-electron chi connectivity index (χ1n) is 7.99. The van der Waals surface area contributed by atoms with Gasteiger partial charge in [-0.3, -0.25) is 4.90 Å². The number of carbonyl (C=O) groups is 1. The molecule has 6 heteroatoms. The van der Waals surface area contributed by atoms with E-state index in [-0.39, 0.29) is 18.2 Å². The van der Waals surface area contributed by atoms with E-state index in [4.69, 9.17) is 9.47 Å². The monoisotopic (exact) mass is 337 g/mol. The summed E-state index contributed by atoms with van der Waals surface area (Å²) in [6.45, 7) is 6.18. The molecule has 2 aliphatic heterocycles. The van der Waals surface area contributed by atoms with Crippen LogP contribution in [0, 0.1) is 11.6 Å². The highest BCUT2D eigenvalue weighted by Crippen LogP contribution is 2.34. The van der Waals surface area contributed by atoms with Crippen molar-refractivity contribution in [1.29, 1.82) is 0 Å². The molecule has 1 saturated heterocycles. The molecule has 4 nitrogen and oxygen atoms in total. The predicted octanol–water partition coefficient (Wildman–Crippen LogP) is 3.76. The molecule has 2 unspecified atom stereocenters. The summed E-state index contributed by atoms with van der Waals surface area (Å²) in [5.74, 6) is -1.22. The zero-order valence-electron chi connectivity index (χ0n) is 14.0. The highest BCUT2D eigenvalue weighted by Gasteiger charge is 2.40. The summed E-state index contributed by atoms with van der Waals surface area (Å²) in [5, 5.41) is 0. The van der Waals surface area contributed by atoms with E-state index in [9.17, 15) is 13.6 Å². The fraction of sp³-hybridized carbons (Fsp3) is 0.500. The van der Waals surface area contributed by atoms with Gasteiger partial charge in [0.25, 0.3) is 0 Å². The van der Waals surface area contributed by atoms with E-state index in [1.807, 2.05) is 26.8 Å². The summed E-state index contributed by atoms with van der Waals surface area (Å²) in [6, 6.07) is 2.98. The first-order valence-corrected chi connectivity index (χ1v) is 7.99. The third-order valence-electron chi connectivity index (χ3n) is 4.04. The van der Waals surface area contributed by atoms with E-state index in [2.05, 4.69) is 0 Å². The van der Waals surface area contributed by atoms with Crippen LogP contribution in [0.4, 0.5) is 13.6 Å². The van der Waals surface area contributed by atoms with Gasteiger partial charge >= 0.3 is 6.09 Å². The van der Waals surface area contributed by atoms with E-state index in [1.165, 1.54) is 12.1 Å². The first-order chi connectivity index (χ1) is 11.2. The summed E-state index contributed by atoms with van der Waals surface area (Å²) in [4.78, 5) is 14.2. The summed E-state index contributed by atoms with van der Waals surface area (Å²) in [6.07, 6.45) is 1.92. The Morgan fingerprint density at radius 2 is 1.88 bits per heavy atom. The molecule has 0 radical (unpaired) electrons. The van der Waals surface area contributed by atoms with Crippen LogP contribution in [-0.4, -0.2) is 41.9 Å². The number of carbonyl (C=O) groups excluding carboxylic acids is 1. The molecule has 0 aliphatic carbocycles. The lowest BCUT2D eigenvalue weighted by molar-refractivity contribution is -0.0510. The smallest absolute Gasteiger partial charge is 0.411 e. The van der Waals surface area contributed by atoms with Crippen molar-refractivity contribution in [3.05, 3.63) is 41.5 Å². The Balaban J connectivity index is 1.88. The van der Waals surface area contributed by atoms with Gasteiger partial charge in [0.05, 0.1) is 25.3 Å². The summed E-state index contributed by atoms with van der Waals surface area (Å²) in [7, 11) is 0. The Labute approximate surface area is 140 Å². The van der Waals surface area contributed by atoms with Crippen molar-refractivity contribution in [2.75, 3.05) is 13.2 Å². The molecule has 1 fully saturated rings. The van der Waals surface area contributed by atoms with Crippen LogP contribution in [0.1, 0.15) is 32.8 Å². The van der Waals surface area contributed by atoms with Gasteiger partial charge in [-0.05, 0) is 50.5 Å². The standard InChI is InChI=1S/C18H21F2NO3/c1-18(2,3)24-17(22)21-15-6-12(7-16(21)10-23-9-15)11-4-13(19)8-14(20)5-11/h4-6,8,15-16H,7,9-10H2,1-3H3. The SMILES string of the molecule is CC(C)(C)OC(=O)N1C2C=C(c3cc(F)cc(F)c3)CC1COC2. The molecule has 0 spiro atoms. The molecule has 2 heterocycles. The third kappa shape index (κ3) is 3.59. The summed E-state index contributed by atoms with van der Waals surface area (Å²) >= 11 is 0. The molecule has 1 amide bonds. The summed E-state index contributed by atoms with van der Waals surface area (Å²) < 4.78 is 38.0. The van der Waals surface area contributed by atoms with Gasteiger partial charge in [-0.2, -0.15) is 0 Å². The number of rotatable bonds is 1. The maximum absolute atomic E-state index is 13.5. The average molecular weight is 337 g/mol. The lowest BCUT2D eigenvalue weighted by atomic mass is 9.90. The van der Waals surface area contributed by atoms with Crippen molar-refractivity contribution >= 4 is 11.7 Å². The number of nitrogens with zero attached hydrogens (tertiary/aromatic N) is 1. The number of fused-ring (bicyclic) bond motifs is 2. The van der Waals surface area contributed by atoms with Gasteiger partial charge in [0.15, 0.2) is 0 Å². The van der Waals surface area contributed by atoms with Crippen LogP contribution in [0.3, 0.4) is 0 Å². The number of ether oxygens (including phenoxy) is 2. The van der Waals surface area contributed by atoms with Gasteiger partial charge in [0, 0.05) is 6.07 Å². The number of hydrogen-bond acceptors (Lipinski definition) is 3. The molecule has 1 aromatic carbocycles. The second-order valence-corrected chi connectivity index (χ2v) is 7.20. The topological polar surface area (TPSA) is 38.8 Å². The van der Waals surface area contributed by atoms with E-state index in [1.54, 1.807) is 4.90 Å². The molecule has 0 aromatic heterocycles. The highest BCUT2D eigenvalue weighted by atomic mass is 19.1. The van der Waals surface area contributed by atoms with Crippen LogP contribution in [0.25, 0.3) is 5.57 Å². The van der Waals surface area contributed by atoms with Crippen molar-refractivity contribution in [2.24, 2.45) is 0 Å². The van der Waals surface area contributed by atoms with E-state index in [0.29, 0.717) is 25.2 Å². The molecule has 0 saturated carbocycles. The molecule has 130 valence electrons. The minimum Gasteiger partial charge on any atom is -0.444 e. The summed E-state index contributed by atoms with van der Waals surface area (Å²) in [5.41, 5.74) is 0.752. The van der Waals surface area contributed by atoms with Crippen molar-refractivity contribution in [1.82, 2.24) is 4.90 Å². The van der Waals surface area contributed by atoms with E-state index < -0.39 is 17.2 Å². The third-order valence-corrected chi connectivity index (χ3v) is 4.04. The minimum atomic E-state index is -0.609. The lowest BCUT2D eigenvalue weighted by Crippen LogP contribution is -2.57. The molecule has 2 bridgehead atoms. The Morgan fingerprint density at radius 3 is 2.46 bits per heavy atom. The first kappa shape index (κ1) is 16.9. The van der Waals surface area contributed by atoms with Gasteiger partial charge < -0.3 is 9.47 Å². The zero-order chi connectivity index (χ0) is 17.5. The maximum atomic E-state index is 13.5. The van der Waals surface area contributed by atoms with E-state index >= 15 is 0 Å². The van der Waals surface area contributed by atoms with Crippen LogP contribution in [0.2, 0.25) is 0 Å². The van der Waals surface area contributed by atoms with Gasteiger partial charge in [-0.25, -0.2) is 13.6 Å². The van der Waals surface area contributed by atoms with Gasteiger partial charge in [-0.15, -0.1) is 0 Å². The largest absolute Gasteiger partial charge is 0.444 e. The number of benzene rings is 1. The van der Waals surface area contributed by atoms with Crippen molar-refractivity contribution in [3.8, 4) is 0 Å². The van der Waals surface area contributed by atoms with Gasteiger partial charge in [0.1, 0.15) is 17.2 Å². The zero-order valence-corrected chi connectivity index (χ0v) is 14.0. The number of halogens is 2. The van der Waals surface area contributed by atoms with Gasteiger partial charge in [0.2, 0.25) is 0 Å². The van der Waals surface area contributed by atoms with Crippen LogP contribution < -0.4 is 0 Å². The van der Waals surface area contributed by atoms with Crippen molar-refractivity contribution < 1.29 is 23.0 Å². The fourth-order valence-electron chi connectivity index (χ4n) is 3.15. The Morgan fingerprint density at radius 1 is 1.21 bits per heavy atom.